The Morgan fingerprint density at radius 3 is 2.73 bits per heavy atom. The molecule has 5 N–H and O–H groups in total. The van der Waals surface area contributed by atoms with Crippen LogP contribution in [-0.2, 0) is 17.9 Å². The zero-order chi connectivity index (χ0) is 25.9. The van der Waals surface area contributed by atoms with E-state index in [0.29, 0.717) is 17.9 Å². The van der Waals surface area contributed by atoms with Gasteiger partial charge >= 0.3 is 0 Å². The van der Waals surface area contributed by atoms with E-state index in [1.165, 1.54) is 4.57 Å². The molecule has 0 bridgehead atoms. The van der Waals surface area contributed by atoms with Crippen LogP contribution in [0.1, 0.15) is 48.9 Å². The molecule has 2 unspecified atom stereocenters. The molecule has 9 nitrogen and oxygen atoms in total. The number of amidine groups is 1. The van der Waals surface area contributed by atoms with Crippen molar-refractivity contribution in [3.05, 3.63) is 80.5 Å². The molecule has 194 valence electrons. The van der Waals surface area contributed by atoms with E-state index < -0.39 is 0 Å². The predicted octanol–water partition coefficient (Wildman–Crippen LogP) is 2.66. The largest absolute Gasteiger partial charge is 0.402 e. The maximum atomic E-state index is 13.5. The van der Waals surface area contributed by atoms with Crippen LogP contribution in [0.3, 0.4) is 0 Å². The van der Waals surface area contributed by atoms with Crippen molar-refractivity contribution in [2.24, 2.45) is 16.6 Å². The lowest BCUT2D eigenvalue weighted by Gasteiger charge is -2.30. The van der Waals surface area contributed by atoms with Crippen LogP contribution in [0.25, 0.3) is 0 Å². The SMILES string of the molecule is CC1C(N)=CC=CC1c1c(Cl)nc(NC2CCC2)c(=O)n1CC(=O)NCc1ccc(C2=NCCN2)cc1. The van der Waals surface area contributed by atoms with Gasteiger partial charge in [-0.3, -0.25) is 19.1 Å². The molecule has 0 saturated heterocycles. The van der Waals surface area contributed by atoms with Gasteiger partial charge in [0.15, 0.2) is 11.0 Å². The molecule has 2 atom stereocenters. The molecule has 2 aliphatic carbocycles. The molecule has 1 amide bonds. The third-order valence-electron chi connectivity index (χ3n) is 7.29. The molecule has 1 fully saturated rings. The Labute approximate surface area is 220 Å². The maximum Gasteiger partial charge on any atom is 0.294 e. The van der Waals surface area contributed by atoms with Gasteiger partial charge < -0.3 is 21.7 Å². The minimum atomic E-state index is -0.357. The highest BCUT2D eigenvalue weighted by atomic mass is 35.5. The van der Waals surface area contributed by atoms with Crippen LogP contribution in [0.15, 0.2) is 58.0 Å². The molecule has 10 heteroatoms. The Bertz CT molecular complexity index is 1330. The number of anilines is 1. The van der Waals surface area contributed by atoms with E-state index in [9.17, 15) is 9.59 Å². The molecule has 0 radical (unpaired) electrons. The summed E-state index contributed by atoms with van der Waals surface area (Å²) in [6.07, 6.45) is 8.70. The number of nitrogens with one attached hydrogen (secondary N) is 3. The lowest BCUT2D eigenvalue weighted by molar-refractivity contribution is -0.121. The lowest BCUT2D eigenvalue weighted by atomic mass is 9.85. The van der Waals surface area contributed by atoms with Crippen LogP contribution in [0.4, 0.5) is 5.82 Å². The number of halogens is 1. The highest BCUT2D eigenvalue weighted by Crippen LogP contribution is 2.35. The van der Waals surface area contributed by atoms with Gasteiger partial charge in [-0.1, -0.05) is 54.9 Å². The van der Waals surface area contributed by atoms with E-state index in [1.54, 1.807) is 0 Å². The average Bonchev–Trinajstić information content (AvgIpc) is 3.40. The smallest absolute Gasteiger partial charge is 0.294 e. The molecule has 3 aliphatic rings. The Kier molecular flexibility index (Phi) is 7.32. The molecule has 5 rings (SSSR count). The molecular formula is C27H32ClN7O2. The highest BCUT2D eigenvalue weighted by molar-refractivity contribution is 6.30. The van der Waals surface area contributed by atoms with Gasteiger partial charge in [0, 0.05) is 42.2 Å². The summed E-state index contributed by atoms with van der Waals surface area (Å²) in [6, 6.07) is 8.09. The van der Waals surface area contributed by atoms with E-state index in [-0.39, 0.29) is 46.9 Å². The summed E-state index contributed by atoms with van der Waals surface area (Å²) >= 11 is 6.67. The first-order valence-corrected chi connectivity index (χ1v) is 13.1. The third kappa shape index (κ3) is 5.41. The normalized spacial score (nSPS) is 21.0. The van der Waals surface area contributed by atoms with Crippen LogP contribution in [0.5, 0.6) is 0 Å². The van der Waals surface area contributed by atoms with Gasteiger partial charge in [0.1, 0.15) is 12.4 Å². The fourth-order valence-electron chi connectivity index (χ4n) is 4.78. The zero-order valence-corrected chi connectivity index (χ0v) is 21.6. The summed E-state index contributed by atoms with van der Waals surface area (Å²) in [4.78, 5) is 35.4. The van der Waals surface area contributed by atoms with E-state index in [0.717, 1.165) is 49.3 Å². The van der Waals surface area contributed by atoms with E-state index in [2.05, 4.69) is 25.9 Å². The van der Waals surface area contributed by atoms with Gasteiger partial charge in [-0.05, 0) is 30.9 Å². The topological polar surface area (TPSA) is 126 Å². The number of nitrogens with two attached hydrogens (primary N) is 1. The summed E-state index contributed by atoms with van der Waals surface area (Å²) in [5.41, 5.74) is 8.98. The molecule has 2 heterocycles. The van der Waals surface area contributed by atoms with Crippen molar-refractivity contribution in [3.63, 3.8) is 0 Å². The molecular weight excluding hydrogens is 490 g/mol. The van der Waals surface area contributed by atoms with E-state index in [1.807, 2.05) is 49.4 Å². The number of aliphatic imine (C=N–C) groups is 1. The second-order valence-electron chi connectivity index (χ2n) is 9.80. The van der Waals surface area contributed by atoms with Crippen molar-refractivity contribution in [2.75, 3.05) is 18.4 Å². The molecule has 37 heavy (non-hydrogen) atoms. The second kappa shape index (κ2) is 10.8. The number of nitrogens with zero attached hydrogens (tertiary/aromatic N) is 3. The molecule has 1 aliphatic heterocycles. The number of hydrogen-bond acceptors (Lipinski definition) is 7. The van der Waals surface area contributed by atoms with Crippen molar-refractivity contribution < 1.29 is 4.79 Å². The summed E-state index contributed by atoms with van der Waals surface area (Å²) in [5.74, 6) is 0.414. The van der Waals surface area contributed by atoms with Crippen molar-refractivity contribution >= 4 is 29.2 Å². The highest BCUT2D eigenvalue weighted by Gasteiger charge is 2.30. The number of aromatic nitrogens is 2. The van der Waals surface area contributed by atoms with Crippen molar-refractivity contribution in [3.8, 4) is 0 Å². The summed E-state index contributed by atoms with van der Waals surface area (Å²) in [7, 11) is 0. The first-order valence-electron chi connectivity index (χ1n) is 12.8. The first kappa shape index (κ1) is 25.1. The van der Waals surface area contributed by atoms with Crippen LogP contribution in [0.2, 0.25) is 5.15 Å². The van der Waals surface area contributed by atoms with E-state index in [4.69, 9.17) is 17.3 Å². The molecule has 1 aromatic heterocycles. The zero-order valence-electron chi connectivity index (χ0n) is 20.8. The van der Waals surface area contributed by atoms with Crippen LogP contribution in [-0.4, -0.2) is 40.4 Å². The van der Waals surface area contributed by atoms with Crippen LogP contribution in [0, 0.1) is 5.92 Å². The Morgan fingerprint density at radius 1 is 1.27 bits per heavy atom. The second-order valence-corrected chi connectivity index (χ2v) is 10.2. The maximum absolute atomic E-state index is 13.5. The standard InChI is InChI=1S/C27H32ClN7O2/c1-16-20(6-3-7-21(16)29)23-24(28)34-26(33-19-4-2-5-19)27(37)35(23)15-22(36)32-14-17-8-10-18(11-9-17)25-30-12-13-31-25/h3,6-11,16,19-20H,2,4-5,12-15,29H2,1H3,(H,30,31)(H,32,36)(H,33,34). The number of carbonyl (C=O) groups excluding carboxylic acids is 1. The monoisotopic (exact) mass is 521 g/mol. The van der Waals surface area contributed by atoms with Gasteiger partial charge in [0.2, 0.25) is 5.91 Å². The number of amides is 1. The minimum Gasteiger partial charge on any atom is -0.402 e. The van der Waals surface area contributed by atoms with Crippen molar-refractivity contribution in [1.29, 1.82) is 0 Å². The number of carbonyl (C=O) groups is 1. The summed E-state index contributed by atoms with van der Waals surface area (Å²) in [6.45, 7) is 3.77. The summed E-state index contributed by atoms with van der Waals surface area (Å²) < 4.78 is 1.45. The minimum absolute atomic E-state index is 0.0964. The van der Waals surface area contributed by atoms with Crippen molar-refractivity contribution in [2.45, 2.75) is 51.2 Å². The third-order valence-corrected chi connectivity index (χ3v) is 7.56. The quantitative estimate of drug-likeness (QED) is 0.423. The van der Waals surface area contributed by atoms with Crippen molar-refractivity contribution in [1.82, 2.24) is 20.2 Å². The molecule has 1 saturated carbocycles. The first-order chi connectivity index (χ1) is 17.9. The molecule has 1 aromatic carbocycles. The Morgan fingerprint density at radius 2 is 2.05 bits per heavy atom. The lowest BCUT2D eigenvalue weighted by Crippen LogP contribution is -2.39. The predicted molar refractivity (Wildman–Crippen MR) is 146 cm³/mol. The number of allylic oxidation sites excluding steroid dienone is 4. The van der Waals surface area contributed by atoms with Gasteiger partial charge in [-0.15, -0.1) is 0 Å². The number of benzene rings is 1. The summed E-state index contributed by atoms with van der Waals surface area (Å²) in [5, 5.41) is 9.59. The molecule has 2 aromatic rings. The van der Waals surface area contributed by atoms with Gasteiger partial charge in [-0.25, -0.2) is 4.98 Å². The van der Waals surface area contributed by atoms with Gasteiger partial charge in [0.25, 0.3) is 5.56 Å². The number of rotatable bonds is 8. The van der Waals surface area contributed by atoms with Gasteiger partial charge in [0.05, 0.1) is 12.2 Å². The van der Waals surface area contributed by atoms with Crippen LogP contribution >= 0.6 is 11.6 Å². The Balaban J connectivity index is 1.36. The fourth-order valence-corrected chi connectivity index (χ4v) is 5.09. The van der Waals surface area contributed by atoms with Crippen LogP contribution < -0.4 is 27.2 Å². The Hall–Kier alpha value is -3.59. The van der Waals surface area contributed by atoms with Gasteiger partial charge in [-0.2, -0.15) is 0 Å². The molecule has 0 spiro atoms. The number of hydrogen-bond donors (Lipinski definition) is 4. The average molecular weight is 522 g/mol. The van der Waals surface area contributed by atoms with E-state index >= 15 is 0 Å². The fraction of sp³-hybridized carbons (Fsp3) is 0.407.